The van der Waals surface area contributed by atoms with E-state index < -0.39 is 5.25 Å². The average molecular weight is 450 g/mol. The molecule has 156 valence electrons. The Morgan fingerprint density at radius 2 is 2.00 bits per heavy atom. The maximum atomic E-state index is 13.2. The second-order valence-electron chi connectivity index (χ2n) is 6.61. The molecule has 1 aromatic carbocycles. The van der Waals surface area contributed by atoms with E-state index in [0.717, 1.165) is 10.4 Å². The molecule has 0 aliphatic rings. The lowest BCUT2D eigenvalue weighted by Gasteiger charge is -2.14. The standard InChI is InChI=1S/C22H19N5O2S2/c1-3-12-27-20(29)18-16(13-17(31-18)15-8-5-4-6-9-15)25-22(27)30-14(2)19(28)26-21-23-10-7-11-24-21/h3-11,13-14H,1,12H2,2H3,(H,23,24,26,28). The molecule has 0 aliphatic carbocycles. The molecule has 1 atom stereocenters. The van der Waals surface area contributed by atoms with Gasteiger partial charge < -0.3 is 0 Å². The Morgan fingerprint density at radius 3 is 2.71 bits per heavy atom. The zero-order valence-electron chi connectivity index (χ0n) is 16.7. The van der Waals surface area contributed by atoms with Gasteiger partial charge in [-0.25, -0.2) is 15.0 Å². The van der Waals surface area contributed by atoms with E-state index in [2.05, 4.69) is 21.9 Å². The number of hydrogen-bond donors (Lipinski definition) is 1. The fourth-order valence-corrected chi connectivity index (χ4v) is 4.87. The summed E-state index contributed by atoms with van der Waals surface area (Å²) in [5, 5.41) is 2.62. The number of nitrogens with zero attached hydrogens (tertiary/aromatic N) is 4. The van der Waals surface area contributed by atoms with Crippen molar-refractivity contribution in [3.63, 3.8) is 0 Å². The van der Waals surface area contributed by atoms with Crippen LogP contribution < -0.4 is 10.9 Å². The van der Waals surface area contributed by atoms with Crippen LogP contribution in [-0.4, -0.2) is 30.7 Å². The third-order valence-corrected chi connectivity index (χ3v) is 6.67. The van der Waals surface area contributed by atoms with E-state index in [1.807, 2.05) is 36.4 Å². The van der Waals surface area contributed by atoms with Crippen molar-refractivity contribution in [3.8, 4) is 10.4 Å². The molecule has 31 heavy (non-hydrogen) atoms. The van der Waals surface area contributed by atoms with Crippen LogP contribution in [0.1, 0.15) is 6.92 Å². The number of thiophene rings is 1. The van der Waals surface area contributed by atoms with Gasteiger partial charge in [-0.05, 0) is 24.6 Å². The predicted octanol–water partition coefficient (Wildman–Crippen LogP) is 4.22. The van der Waals surface area contributed by atoms with Crippen LogP contribution in [0.5, 0.6) is 0 Å². The van der Waals surface area contributed by atoms with Gasteiger partial charge in [0, 0.05) is 23.8 Å². The summed E-state index contributed by atoms with van der Waals surface area (Å²) < 4.78 is 2.13. The first-order chi connectivity index (χ1) is 15.1. The highest BCUT2D eigenvalue weighted by Gasteiger charge is 2.21. The number of hydrogen-bond acceptors (Lipinski definition) is 7. The van der Waals surface area contributed by atoms with E-state index in [4.69, 9.17) is 4.98 Å². The molecule has 0 aliphatic heterocycles. The molecule has 0 saturated heterocycles. The van der Waals surface area contributed by atoms with Gasteiger partial charge in [0.1, 0.15) is 4.70 Å². The van der Waals surface area contributed by atoms with E-state index in [0.29, 0.717) is 21.9 Å². The quantitative estimate of drug-likeness (QED) is 0.258. The molecule has 3 aromatic heterocycles. The maximum Gasteiger partial charge on any atom is 0.272 e. The van der Waals surface area contributed by atoms with Crippen LogP contribution in [0.4, 0.5) is 5.95 Å². The van der Waals surface area contributed by atoms with Crippen molar-refractivity contribution in [2.24, 2.45) is 0 Å². The van der Waals surface area contributed by atoms with Crippen LogP contribution in [0, 0.1) is 0 Å². The number of thioether (sulfide) groups is 1. The van der Waals surface area contributed by atoms with E-state index in [9.17, 15) is 9.59 Å². The topological polar surface area (TPSA) is 89.8 Å². The van der Waals surface area contributed by atoms with Gasteiger partial charge in [0.25, 0.3) is 5.56 Å². The molecule has 0 fully saturated rings. The molecular weight excluding hydrogens is 430 g/mol. The Morgan fingerprint density at radius 1 is 1.26 bits per heavy atom. The Hall–Kier alpha value is -3.30. The predicted molar refractivity (Wildman–Crippen MR) is 125 cm³/mol. The lowest BCUT2D eigenvalue weighted by atomic mass is 10.2. The minimum absolute atomic E-state index is 0.140. The van der Waals surface area contributed by atoms with Crippen LogP contribution in [-0.2, 0) is 11.3 Å². The summed E-state index contributed by atoms with van der Waals surface area (Å²) in [7, 11) is 0. The monoisotopic (exact) mass is 449 g/mol. The summed E-state index contributed by atoms with van der Waals surface area (Å²) in [5.74, 6) is -0.0387. The van der Waals surface area contributed by atoms with E-state index in [-0.39, 0.29) is 17.4 Å². The van der Waals surface area contributed by atoms with Gasteiger partial charge in [-0.15, -0.1) is 17.9 Å². The second kappa shape index (κ2) is 9.23. The van der Waals surface area contributed by atoms with Gasteiger partial charge in [-0.3, -0.25) is 19.5 Å². The third-order valence-electron chi connectivity index (χ3n) is 4.42. The Balaban J connectivity index is 1.67. The van der Waals surface area contributed by atoms with Crippen molar-refractivity contribution >= 4 is 45.2 Å². The number of nitrogens with one attached hydrogen (secondary N) is 1. The third kappa shape index (κ3) is 4.57. The van der Waals surface area contributed by atoms with Crippen LogP contribution >= 0.6 is 23.1 Å². The molecule has 7 nitrogen and oxygen atoms in total. The summed E-state index contributed by atoms with van der Waals surface area (Å²) in [6.45, 7) is 5.81. The number of rotatable bonds is 7. The number of benzene rings is 1. The van der Waals surface area contributed by atoms with Gasteiger partial charge in [-0.1, -0.05) is 48.2 Å². The Kier molecular flexibility index (Phi) is 6.24. The van der Waals surface area contributed by atoms with Crippen molar-refractivity contribution < 1.29 is 4.79 Å². The number of fused-ring (bicyclic) bond motifs is 1. The summed E-state index contributed by atoms with van der Waals surface area (Å²) in [4.78, 5) is 39.4. The molecule has 3 heterocycles. The molecule has 1 amide bonds. The minimum Gasteiger partial charge on any atom is -0.294 e. The normalized spacial score (nSPS) is 11.9. The number of anilines is 1. The Labute approximate surface area is 186 Å². The van der Waals surface area contributed by atoms with Crippen molar-refractivity contribution in [1.29, 1.82) is 0 Å². The fraction of sp³-hybridized carbons (Fsp3) is 0.136. The summed E-state index contributed by atoms with van der Waals surface area (Å²) in [5.41, 5.74) is 1.51. The first-order valence-electron chi connectivity index (χ1n) is 9.52. The van der Waals surface area contributed by atoms with Crippen LogP contribution in [0.25, 0.3) is 20.7 Å². The smallest absolute Gasteiger partial charge is 0.272 e. The van der Waals surface area contributed by atoms with E-state index in [1.165, 1.54) is 23.1 Å². The van der Waals surface area contributed by atoms with Crippen LogP contribution in [0.3, 0.4) is 0 Å². The zero-order chi connectivity index (χ0) is 21.8. The number of allylic oxidation sites excluding steroid dienone is 1. The molecule has 4 aromatic rings. The summed E-state index contributed by atoms with van der Waals surface area (Å²) in [6.07, 6.45) is 4.75. The van der Waals surface area contributed by atoms with Gasteiger partial charge >= 0.3 is 0 Å². The number of aromatic nitrogens is 4. The number of amides is 1. The molecule has 0 bridgehead atoms. The molecule has 0 radical (unpaired) electrons. The average Bonchev–Trinajstić information content (AvgIpc) is 3.22. The van der Waals surface area contributed by atoms with Gasteiger partial charge in [0.2, 0.25) is 11.9 Å². The molecule has 1 N–H and O–H groups in total. The van der Waals surface area contributed by atoms with Crippen molar-refractivity contribution in [1.82, 2.24) is 19.5 Å². The summed E-state index contributed by atoms with van der Waals surface area (Å²) >= 11 is 2.63. The lowest BCUT2D eigenvalue weighted by molar-refractivity contribution is -0.115. The van der Waals surface area contributed by atoms with E-state index in [1.54, 1.807) is 36.0 Å². The SMILES string of the molecule is C=CCn1c(SC(C)C(=O)Nc2ncccn2)nc2cc(-c3ccccc3)sc2c1=O. The van der Waals surface area contributed by atoms with Crippen molar-refractivity contribution in [2.45, 2.75) is 23.9 Å². The molecule has 9 heteroatoms. The minimum atomic E-state index is -0.517. The largest absolute Gasteiger partial charge is 0.294 e. The molecule has 1 unspecified atom stereocenters. The maximum absolute atomic E-state index is 13.2. The highest BCUT2D eigenvalue weighted by molar-refractivity contribution is 8.00. The number of carbonyl (C=O) groups is 1. The van der Waals surface area contributed by atoms with Crippen molar-refractivity contribution in [2.75, 3.05) is 5.32 Å². The first kappa shape index (κ1) is 21.0. The molecule has 0 saturated carbocycles. The molecule has 4 rings (SSSR count). The number of carbonyl (C=O) groups excluding carboxylic acids is 1. The highest BCUT2D eigenvalue weighted by atomic mass is 32.2. The zero-order valence-corrected chi connectivity index (χ0v) is 18.3. The van der Waals surface area contributed by atoms with Gasteiger partial charge in [0.15, 0.2) is 5.16 Å². The molecule has 0 spiro atoms. The van der Waals surface area contributed by atoms with Crippen LogP contribution in [0.2, 0.25) is 0 Å². The highest BCUT2D eigenvalue weighted by Crippen LogP contribution is 2.32. The summed E-state index contributed by atoms with van der Waals surface area (Å²) in [6, 6.07) is 13.5. The van der Waals surface area contributed by atoms with Crippen LogP contribution in [0.15, 0.2) is 77.5 Å². The van der Waals surface area contributed by atoms with E-state index >= 15 is 0 Å². The lowest BCUT2D eigenvalue weighted by Crippen LogP contribution is -2.27. The Bertz CT molecular complexity index is 1290. The molecular formula is C22H19N5O2S2. The van der Waals surface area contributed by atoms with Gasteiger partial charge in [-0.2, -0.15) is 0 Å². The fourth-order valence-electron chi connectivity index (χ4n) is 2.90. The first-order valence-corrected chi connectivity index (χ1v) is 11.2. The second-order valence-corrected chi connectivity index (χ2v) is 8.97. The van der Waals surface area contributed by atoms with Crippen molar-refractivity contribution in [3.05, 3.63) is 77.9 Å². The van der Waals surface area contributed by atoms with Gasteiger partial charge in [0.05, 0.1) is 10.8 Å².